The van der Waals surface area contributed by atoms with Crippen LogP contribution in [-0.4, -0.2) is 14.5 Å². The Kier molecular flexibility index (Phi) is 1.25. The van der Waals surface area contributed by atoms with E-state index < -0.39 is 0 Å². The van der Waals surface area contributed by atoms with E-state index in [1.54, 1.807) is 29.6 Å². The third kappa shape index (κ3) is 1.02. The van der Waals surface area contributed by atoms with Crippen LogP contribution in [0.3, 0.4) is 0 Å². The van der Waals surface area contributed by atoms with Gasteiger partial charge in [0.25, 0.3) is 0 Å². The van der Waals surface area contributed by atoms with Crippen molar-refractivity contribution in [2.45, 2.75) is 6.92 Å². The van der Waals surface area contributed by atoms with E-state index in [2.05, 4.69) is 9.97 Å². The summed E-state index contributed by atoms with van der Waals surface area (Å²) in [4.78, 5) is 7.98. The highest BCUT2D eigenvalue weighted by Crippen LogP contribution is 2.05. The van der Waals surface area contributed by atoms with Gasteiger partial charge in [-0.2, -0.15) is 4.98 Å². The molecular formula is C7H7N3O. The zero-order valence-electron chi connectivity index (χ0n) is 6.06. The number of rotatable bonds is 1. The maximum Gasteiger partial charge on any atom is 0.307 e. The predicted molar refractivity (Wildman–Crippen MR) is 38.4 cm³/mol. The minimum atomic E-state index is 0.556. The molecule has 0 saturated heterocycles. The highest BCUT2D eigenvalue weighted by Gasteiger charge is 2.00. The van der Waals surface area contributed by atoms with Gasteiger partial charge in [0.1, 0.15) is 12.6 Å². The van der Waals surface area contributed by atoms with Gasteiger partial charge in [-0.1, -0.05) is 0 Å². The van der Waals surface area contributed by atoms with Crippen LogP contribution in [0.25, 0.3) is 6.01 Å². The molecule has 56 valence electrons. The molecule has 0 atom stereocenters. The number of oxazole rings is 1. The van der Waals surface area contributed by atoms with Crippen LogP contribution in [0.4, 0.5) is 0 Å². The molecule has 0 N–H and O–H groups in total. The van der Waals surface area contributed by atoms with Gasteiger partial charge in [0.15, 0.2) is 0 Å². The number of hydrogen-bond donors (Lipinski definition) is 0. The van der Waals surface area contributed by atoms with Crippen molar-refractivity contribution < 1.29 is 4.42 Å². The SMILES string of the molecule is Cc1coc(-n2ccnc2)n1. The third-order valence-electron chi connectivity index (χ3n) is 1.33. The third-order valence-corrected chi connectivity index (χ3v) is 1.33. The van der Waals surface area contributed by atoms with Crippen LogP contribution in [-0.2, 0) is 0 Å². The Bertz CT molecular complexity index is 336. The van der Waals surface area contributed by atoms with E-state index in [9.17, 15) is 0 Å². The van der Waals surface area contributed by atoms with Crippen molar-refractivity contribution in [2.75, 3.05) is 0 Å². The molecule has 0 aliphatic heterocycles. The lowest BCUT2D eigenvalue weighted by atomic mass is 10.6. The summed E-state index contributed by atoms with van der Waals surface area (Å²) >= 11 is 0. The van der Waals surface area contributed by atoms with Gasteiger partial charge in [-0.05, 0) is 6.92 Å². The number of nitrogens with zero attached hydrogens (tertiary/aromatic N) is 3. The molecule has 0 aromatic carbocycles. The molecule has 2 aromatic rings. The summed E-state index contributed by atoms with van der Waals surface area (Å²) in [7, 11) is 0. The van der Waals surface area contributed by atoms with Gasteiger partial charge in [0.05, 0.1) is 5.69 Å². The standard InChI is InChI=1S/C7H7N3O/c1-6-4-11-7(9-6)10-3-2-8-5-10/h2-5H,1H3. The Hall–Kier alpha value is -1.58. The average molecular weight is 149 g/mol. The van der Waals surface area contributed by atoms with Crippen molar-refractivity contribution in [2.24, 2.45) is 0 Å². The molecule has 0 saturated carbocycles. The summed E-state index contributed by atoms with van der Waals surface area (Å²) in [5.41, 5.74) is 0.869. The van der Waals surface area contributed by atoms with Crippen molar-refractivity contribution in [3.63, 3.8) is 0 Å². The molecule has 0 aliphatic rings. The molecule has 0 spiro atoms. The quantitative estimate of drug-likeness (QED) is 0.611. The predicted octanol–water partition coefficient (Wildman–Crippen LogP) is 1.17. The first-order valence-electron chi connectivity index (χ1n) is 3.27. The number of hydrogen-bond acceptors (Lipinski definition) is 3. The summed E-state index contributed by atoms with van der Waals surface area (Å²) in [6.07, 6.45) is 6.71. The van der Waals surface area contributed by atoms with Gasteiger partial charge in [-0.3, -0.25) is 4.57 Å². The fraction of sp³-hybridized carbons (Fsp3) is 0.143. The molecule has 2 heterocycles. The van der Waals surface area contributed by atoms with E-state index in [0.717, 1.165) is 5.69 Å². The Morgan fingerprint density at radius 2 is 2.45 bits per heavy atom. The van der Waals surface area contributed by atoms with Gasteiger partial charge in [0.2, 0.25) is 0 Å². The Morgan fingerprint density at radius 1 is 1.55 bits per heavy atom. The Morgan fingerprint density at radius 3 is 3.00 bits per heavy atom. The first-order valence-corrected chi connectivity index (χ1v) is 3.27. The van der Waals surface area contributed by atoms with Gasteiger partial charge < -0.3 is 4.42 Å². The summed E-state index contributed by atoms with van der Waals surface area (Å²) in [6.45, 7) is 1.88. The Balaban J connectivity index is 2.45. The number of aromatic nitrogens is 3. The molecule has 0 radical (unpaired) electrons. The van der Waals surface area contributed by atoms with Gasteiger partial charge in [0, 0.05) is 12.4 Å². The fourth-order valence-electron chi connectivity index (χ4n) is 0.832. The van der Waals surface area contributed by atoms with Crippen molar-refractivity contribution in [3.05, 3.63) is 30.7 Å². The number of aryl methyl sites for hydroxylation is 1. The highest BCUT2D eigenvalue weighted by atomic mass is 16.4. The lowest BCUT2D eigenvalue weighted by molar-refractivity contribution is 0.526. The van der Waals surface area contributed by atoms with E-state index in [4.69, 9.17) is 4.42 Å². The lowest BCUT2D eigenvalue weighted by Crippen LogP contribution is -1.88. The van der Waals surface area contributed by atoms with Gasteiger partial charge in [-0.25, -0.2) is 4.98 Å². The van der Waals surface area contributed by atoms with E-state index in [1.807, 2.05) is 6.92 Å². The van der Waals surface area contributed by atoms with Crippen molar-refractivity contribution >= 4 is 0 Å². The minimum absolute atomic E-state index is 0.556. The normalized spacial score (nSPS) is 10.3. The largest absolute Gasteiger partial charge is 0.431 e. The first kappa shape index (κ1) is 6.15. The lowest BCUT2D eigenvalue weighted by Gasteiger charge is -1.89. The van der Waals surface area contributed by atoms with E-state index >= 15 is 0 Å². The molecule has 0 aliphatic carbocycles. The van der Waals surface area contributed by atoms with Crippen LogP contribution < -0.4 is 0 Å². The van der Waals surface area contributed by atoms with Crippen LogP contribution in [0.1, 0.15) is 5.69 Å². The van der Waals surface area contributed by atoms with Crippen molar-refractivity contribution in [3.8, 4) is 6.01 Å². The molecule has 0 fully saturated rings. The minimum Gasteiger partial charge on any atom is -0.431 e. The molecule has 0 unspecified atom stereocenters. The van der Waals surface area contributed by atoms with Gasteiger partial charge in [-0.15, -0.1) is 0 Å². The monoisotopic (exact) mass is 149 g/mol. The van der Waals surface area contributed by atoms with Crippen molar-refractivity contribution in [1.82, 2.24) is 14.5 Å². The second kappa shape index (κ2) is 2.23. The van der Waals surface area contributed by atoms with Crippen molar-refractivity contribution in [1.29, 1.82) is 0 Å². The summed E-state index contributed by atoms with van der Waals surface area (Å²) in [6, 6.07) is 0.556. The molecule has 0 amide bonds. The molecule has 4 heteroatoms. The second-order valence-electron chi connectivity index (χ2n) is 2.24. The van der Waals surface area contributed by atoms with Crippen LogP contribution in [0.5, 0.6) is 0 Å². The van der Waals surface area contributed by atoms with E-state index in [-0.39, 0.29) is 0 Å². The number of imidazole rings is 1. The fourth-order valence-corrected chi connectivity index (χ4v) is 0.832. The first-order chi connectivity index (χ1) is 5.36. The van der Waals surface area contributed by atoms with Crippen LogP contribution in [0.15, 0.2) is 29.4 Å². The molecule has 4 nitrogen and oxygen atoms in total. The zero-order chi connectivity index (χ0) is 7.68. The molecule has 11 heavy (non-hydrogen) atoms. The average Bonchev–Trinajstić information content (AvgIpc) is 2.55. The second-order valence-corrected chi connectivity index (χ2v) is 2.24. The molecule has 0 bridgehead atoms. The summed E-state index contributed by atoms with van der Waals surface area (Å²) in [5, 5.41) is 0. The topological polar surface area (TPSA) is 43.9 Å². The van der Waals surface area contributed by atoms with E-state index in [1.165, 1.54) is 0 Å². The van der Waals surface area contributed by atoms with Crippen LogP contribution in [0, 0.1) is 6.92 Å². The smallest absolute Gasteiger partial charge is 0.307 e. The maximum absolute atomic E-state index is 5.12. The van der Waals surface area contributed by atoms with Gasteiger partial charge >= 0.3 is 6.01 Å². The molecule has 2 rings (SSSR count). The summed E-state index contributed by atoms with van der Waals surface area (Å²) < 4.78 is 6.84. The van der Waals surface area contributed by atoms with Crippen LogP contribution >= 0.6 is 0 Å². The highest BCUT2D eigenvalue weighted by molar-refractivity contribution is 5.08. The maximum atomic E-state index is 5.12. The van der Waals surface area contributed by atoms with Crippen LogP contribution in [0.2, 0.25) is 0 Å². The summed E-state index contributed by atoms with van der Waals surface area (Å²) in [5.74, 6) is 0. The molecule has 2 aromatic heterocycles. The van der Waals surface area contributed by atoms with E-state index in [0.29, 0.717) is 6.01 Å². The molecular weight excluding hydrogens is 142 g/mol. The Labute approximate surface area is 63.5 Å². The zero-order valence-corrected chi connectivity index (χ0v) is 6.06.